The van der Waals surface area contributed by atoms with Crippen molar-refractivity contribution in [2.45, 2.75) is 25.3 Å². The summed E-state index contributed by atoms with van der Waals surface area (Å²) in [6.45, 7) is 1.88. The second-order valence-electron chi connectivity index (χ2n) is 8.94. The molecule has 0 aliphatic carbocycles. The molecule has 0 spiro atoms. The summed E-state index contributed by atoms with van der Waals surface area (Å²) in [5.74, 6) is -1.55. The van der Waals surface area contributed by atoms with Gasteiger partial charge in [-0.1, -0.05) is 54.6 Å². The Morgan fingerprint density at radius 1 is 1.03 bits per heavy atom. The third-order valence-electron chi connectivity index (χ3n) is 6.56. The Bertz CT molecular complexity index is 1490. The summed E-state index contributed by atoms with van der Waals surface area (Å²) in [5.41, 5.74) is 8.03. The third-order valence-corrected chi connectivity index (χ3v) is 6.56. The smallest absolute Gasteiger partial charge is 0.267 e. The zero-order valence-corrected chi connectivity index (χ0v) is 19.0. The highest BCUT2D eigenvalue weighted by Gasteiger charge is 2.49. The van der Waals surface area contributed by atoms with Crippen LogP contribution in [0.5, 0.6) is 0 Å². The fraction of sp³-hybridized carbons (Fsp3) is 0.143. The molecule has 0 radical (unpaired) electrons. The van der Waals surface area contributed by atoms with Crippen LogP contribution in [0, 0.1) is 5.82 Å². The summed E-state index contributed by atoms with van der Waals surface area (Å²) in [7, 11) is 0. The van der Waals surface area contributed by atoms with Crippen LogP contribution in [0.3, 0.4) is 0 Å². The Morgan fingerprint density at radius 3 is 2.43 bits per heavy atom. The third kappa shape index (κ3) is 3.95. The van der Waals surface area contributed by atoms with Gasteiger partial charge in [-0.15, -0.1) is 0 Å². The van der Waals surface area contributed by atoms with Crippen LogP contribution in [-0.2, 0) is 21.5 Å². The SMILES string of the molecule is CC1(c2ccccc2)CC(=O)N(Cc2ccc3c(-c4ccc(F)cc4)cc(C(N)=O)nc3c2)C1=O. The van der Waals surface area contributed by atoms with E-state index in [2.05, 4.69) is 4.98 Å². The second-order valence-corrected chi connectivity index (χ2v) is 8.94. The van der Waals surface area contributed by atoms with E-state index >= 15 is 0 Å². The number of amides is 3. The van der Waals surface area contributed by atoms with Crippen molar-refractivity contribution < 1.29 is 18.8 Å². The lowest BCUT2D eigenvalue weighted by molar-refractivity contribution is -0.140. The van der Waals surface area contributed by atoms with Crippen LogP contribution in [0.15, 0.2) is 78.9 Å². The zero-order valence-electron chi connectivity index (χ0n) is 19.0. The fourth-order valence-electron chi connectivity index (χ4n) is 4.63. The molecule has 1 aromatic heterocycles. The summed E-state index contributed by atoms with van der Waals surface area (Å²) in [6, 6.07) is 22.2. The molecule has 5 rings (SSSR count). The molecule has 1 saturated heterocycles. The lowest BCUT2D eigenvalue weighted by Crippen LogP contribution is -2.36. The van der Waals surface area contributed by atoms with Crippen molar-refractivity contribution in [1.29, 1.82) is 0 Å². The van der Waals surface area contributed by atoms with Gasteiger partial charge in [0.2, 0.25) is 11.8 Å². The summed E-state index contributed by atoms with van der Waals surface area (Å²) in [6.07, 6.45) is 0.0994. The van der Waals surface area contributed by atoms with Gasteiger partial charge in [-0.25, -0.2) is 9.37 Å². The molecule has 0 bridgehead atoms. The molecule has 1 unspecified atom stereocenters. The molecule has 4 aromatic rings. The predicted molar refractivity (Wildman–Crippen MR) is 130 cm³/mol. The molecule has 2 heterocycles. The molecule has 6 nitrogen and oxygen atoms in total. The molecule has 35 heavy (non-hydrogen) atoms. The maximum atomic E-state index is 13.5. The van der Waals surface area contributed by atoms with Crippen molar-refractivity contribution >= 4 is 28.6 Å². The monoisotopic (exact) mass is 467 g/mol. The molecule has 2 N–H and O–H groups in total. The van der Waals surface area contributed by atoms with Crippen LogP contribution in [-0.4, -0.2) is 27.6 Å². The fourth-order valence-corrected chi connectivity index (χ4v) is 4.63. The Hall–Kier alpha value is -4.39. The van der Waals surface area contributed by atoms with Gasteiger partial charge in [-0.3, -0.25) is 19.3 Å². The van der Waals surface area contributed by atoms with E-state index in [1.165, 1.54) is 17.0 Å². The second kappa shape index (κ2) is 8.43. The highest BCUT2D eigenvalue weighted by molar-refractivity contribution is 6.09. The van der Waals surface area contributed by atoms with Gasteiger partial charge in [0.05, 0.1) is 17.5 Å². The van der Waals surface area contributed by atoms with Crippen LogP contribution in [0.1, 0.15) is 35.0 Å². The van der Waals surface area contributed by atoms with Gasteiger partial charge in [-0.2, -0.15) is 0 Å². The molecular formula is C28H22FN3O3. The molecule has 7 heteroatoms. The first-order valence-electron chi connectivity index (χ1n) is 11.2. The standard InChI is InChI=1S/C28H22FN3O3/c1-28(19-5-3-2-4-6-19)15-25(33)32(27(28)35)16-17-7-12-21-22(18-8-10-20(29)11-9-18)14-24(26(30)34)31-23(21)13-17/h2-14H,15-16H2,1H3,(H2,30,34). The van der Waals surface area contributed by atoms with Crippen molar-refractivity contribution in [3.8, 4) is 11.1 Å². The van der Waals surface area contributed by atoms with Crippen molar-refractivity contribution in [2.75, 3.05) is 0 Å². The average Bonchev–Trinajstić information content (AvgIpc) is 3.08. The van der Waals surface area contributed by atoms with Crippen LogP contribution < -0.4 is 5.73 Å². The summed E-state index contributed by atoms with van der Waals surface area (Å²) < 4.78 is 13.5. The highest BCUT2D eigenvalue weighted by Crippen LogP contribution is 2.37. The van der Waals surface area contributed by atoms with E-state index in [0.717, 1.165) is 10.9 Å². The number of imide groups is 1. The minimum atomic E-state index is -0.914. The summed E-state index contributed by atoms with van der Waals surface area (Å²) in [5, 5.41) is 0.735. The zero-order chi connectivity index (χ0) is 24.7. The van der Waals surface area contributed by atoms with Gasteiger partial charge >= 0.3 is 0 Å². The number of hydrogen-bond acceptors (Lipinski definition) is 4. The van der Waals surface area contributed by atoms with Gasteiger partial charge in [0.1, 0.15) is 11.5 Å². The molecule has 1 fully saturated rings. The van der Waals surface area contributed by atoms with E-state index in [-0.39, 0.29) is 36.3 Å². The molecule has 3 amide bonds. The van der Waals surface area contributed by atoms with Gasteiger partial charge in [0.15, 0.2) is 0 Å². The maximum Gasteiger partial charge on any atom is 0.267 e. The molecule has 1 aliphatic heterocycles. The van der Waals surface area contributed by atoms with E-state index in [9.17, 15) is 18.8 Å². The van der Waals surface area contributed by atoms with Crippen molar-refractivity contribution in [1.82, 2.24) is 9.88 Å². The lowest BCUT2D eigenvalue weighted by atomic mass is 9.81. The van der Waals surface area contributed by atoms with Gasteiger partial charge < -0.3 is 5.73 Å². The number of primary amides is 1. The number of hydrogen-bond donors (Lipinski definition) is 1. The lowest BCUT2D eigenvalue weighted by Gasteiger charge is -2.23. The predicted octanol–water partition coefficient (Wildman–Crippen LogP) is 4.36. The number of nitrogens with zero attached hydrogens (tertiary/aromatic N) is 2. The number of likely N-dealkylation sites (tertiary alicyclic amines) is 1. The molecule has 1 atom stereocenters. The van der Waals surface area contributed by atoms with E-state index in [4.69, 9.17) is 5.73 Å². The minimum absolute atomic E-state index is 0.0685. The number of rotatable bonds is 5. The molecule has 174 valence electrons. The summed E-state index contributed by atoms with van der Waals surface area (Å²) >= 11 is 0. The molecule has 0 saturated carbocycles. The number of pyridine rings is 1. The maximum absolute atomic E-state index is 13.5. The number of aromatic nitrogens is 1. The number of halogens is 1. The number of nitrogens with two attached hydrogens (primary N) is 1. The van der Waals surface area contributed by atoms with Crippen LogP contribution >= 0.6 is 0 Å². The quantitative estimate of drug-likeness (QED) is 0.442. The Balaban J connectivity index is 1.52. The van der Waals surface area contributed by atoms with E-state index < -0.39 is 11.3 Å². The largest absolute Gasteiger partial charge is 0.364 e. The number of carbonyl (C=O) groups excluding carboxylic acids is 3. The Kier molecular flexibility index (Phi) is 5.40. The van der Waals surface area contributed by atoms with Crippen LogP contribution in [0.4, 0.5) is 4.39 Å². The van der Waals surface area contributed by atoms with Crippen LogP contribution in [0.25, 0.3) is 22.0 Å². The Labute approximate surface area is 201 Å². The first-order chi connectivity index (χ1) is 16.8. The Morgan fingerprint density at radius 2 is 1.74 bits per heavy atom. The molecule has 3 aromatic carbocycles. The van der Waals surface area contributed by atoms with Crippen LogP contribution in [0.2, 0.25) is 0 Å². The number of carbonyl (C=O) groups is 3. The van der Waals surface area contributed by atoms with E-state index in [0.29, 0.717) is 22.2 Å². The van der Waals surface area contributed by atoms with Crippen molar-refractivity contribution in [2.24, 2.45) is 5.73 Å². The number of benzene rings is 3. The topological polar surface area (TPSA) is 93.4 Å². The van der Waals surface area contributed by atoms with Crippen molar-refractivity contribution in [3.05, 3.63) is 102 Å². The first kappa shape index (κ1) is 22.4. The normalized spacial score (nSPS) is 17.8. The van der Waals surface area contributed by atoms with Gasteiger partial charge in [0.25, 0.3) is 5.91 Å². The first-order valence-corrected chi connectivity index (χ1v) is 11.2. The highest BCUT2D eigenvalue weighted by atomic mass is 19.1. The van der Waals surface area contributed by atoms with E-state index in [1.807, 2.05) is 42.5 Å². The van der Waals surface area contributed by atoms with Gasteiger partial charge in [-0.05, 0) is 53.4 Å². The average molecular weight is 468 g/mol. The molecular weight excluding hydrogens is 445 g/mol. The summed E-state index contributed by atoms with van der Waals surface area (Å²) in [4.78, 5) is 43.8. The van der Waals surface area contributed by atoms with E-state index in [1.54, 1.807) is 31.2 Å². The van der Waals surface area contributed by atoms with Crippen molar-refractivity contribution in [3.63, 3.8) is 0 Å². The number of fused-ring (bicyclic) bond motifs is 1. The molecule has 1 aliphatic rings. The van der Waals surface area contributed by atoms with Gasteiger partial charge in [0, 0.05) is 11.8 Å². The minimum Gasteiger partial charge on any atom is -0.364 e.